The van der Waals surface area contributed by atoms with E-state index in [0.717, 1.165) is 49.0 Å². The van der Waals surface area contributed by atoms with Gasteiger partial charge < -0.3 is 15.4 Å². The molecule has 1 aromatic heterocycles. The van der Waals surface area contributed by atoms with Crippen LogP contribution in [0.3, 0.4) is 0 Å². The number of benzene rings is 2. The van der Waals surface area contributed by atoms with Crippen LogP contribution in [-0.4, -0.2) is 27.7 Å². The monoisotopic (exact) mass is 450 g/mol. The third kappa shape index (κ3) is 3.84. The molecular formula is C24H23ClN4O3. The first-order valence-electron chi connectivity index (χ1n) is 10.8. The number of amides is 2. The van der Waals surface area contributed by atoms with Crippen LogP contribution in [0.4, 0.5) is 11.4 Å². The highest BCUT2D eigenvalue weighted by atomic mass is 35.5. The first-order valence-corrected chi connectivity index (χ1v) is 11.2. The number of anilines is 2. The summed E-state index contributed by atoms with van der Waals surface area (Å²) in [5.74, 6) is 0.0937. The number of hydrogen-bond acceptors (Lipinski definition) is 4. The fourth-order valence-electron chi connectivity index (χ4n) is 4.23. The molecule has 0 radical (unpaired) electrons. The average molecular weight is 451 g/mol. The minimum absolute atomic E-state index is 0.215. The maximum Gasteiger partial charge on any atom is 0.276 e. The van der Waals surface area contributed by atoms with Crippen molar-refractivity contribution >= 4 is 34.8 Å². The summed E-state index contributed by atoms with van der Waals surface area (Å²) in [5, 5.41) is 11.1. The molecule has 0 fully saturated rings. The van der Waals surface area contributed by atoms with Gasteiger partial charge in [-0.05, 0) is 75.1 Å². The third-order valence-corrected chi connectivity index (χ3v) is 6.14. The summed E-state index contributed by atoms with van der Waals surface area (Å²) >= 11 is 6.05. The predicted molar refractivity (Wildman–Crippen MR) is 123 cm³/mol. The van der Waals surface area contributed by atoms with Crippen molar-refractivity contribution in [3.05, 3.63) is 64.4 Å². The minimum atomic E-state index is -0.546. The van der Waals surface area contributed by atoms with E-state index in [1.54, 1.807) is 25.1 Å². The quantitative estimate of drug-likeness (QED) is 0.563. The summed E-state index contributed by atoms with van der Waals surface area (Å²) in [4.78, 5) is 25.2. The van der Waals surface area contributed by atoms with Crippen LogP contribution in [0.2, 0.25) is 5.02 Å². The van der Waals surface area contributed by atoms with E-state index >= 15 is 0 Å². The normalized spacial score (nSPS) is 17.4. The van der Waals surface area contributed by atoms with Gasteiger partial charge in [-0.25, -0.2) is 4.68 Å². The zero-order valence-corrected chi connectivity index (χ0v) is 18.4. The lowest BCUT2D eigenvalue weighted by molar-refractivity contribution is -0.122. The van der Waals surface area contributed by atoms with Crippen molar-refractivity contribution in [2.24, 2.45) is 0 Å². The van der Waals surface area contributed by atoms with Crippen molar-refractivity contribution in [3.8, 4) is 11.4 Å². The Hall–Kier alpha value is -3.32. The Morgan fingerprint density at radius 2 is 1.94 bits per heavy atom. The lowest BCUT2D eigenvalue weighted by atomic mass is 10.1. The molecule has 0 saturated heterocycles. The molecule has 2 aromatic carbocycles. The highest BCUT2D eigenvalue weighted by molar-refractivity contribution is 6.30. The van der Waals surface area contributed by atoms with Crippen LogP contribution >= 0.6 is 11.6 Å². The number of fused-ring (bicyclic) bond motifs is 2. The van der Waals surface area contributed by atoms with E-state index in [1.165, 1.54) is 0 Å². The molecule has 7 nitrogen and oxygen atoms in total. The van der Waals surface area contributed by atoms with Gasteiger partial charge in [0.05, 0.1) is 11.4 Å². The fraction of sp³-hybridized carbons (Fsp3) is 0.292. The number of carbonyl (C=O) groups is 2. The van der Waals surface area contributed by atoms with Crippen molar-refractivity contribution in [3.63, 3.8) is 0 Å². The van der Waals surface area contributed by atoms with Crippen molar-refractivity contribution in [2.75, 3.05) is 10.6 Å². The topological polar surface area (TPSA) is 85.2 Å². The largest absolute Gasteiger partial charge is 0.479 e. The molecule has 1 unspecified atom stereocenters. The van der Waals surface area contributed by atoms with Gasteiger partial charge in [0.1, 0.15) is 5.75 Å². The molecule has 0 spiro atoms. The molecule has 1 atom stereocenters. The van der Waals surface area contributed by atoms with E-state index in [2.05, 4.69) is 10.6 Å². The van der Waals surface area contributed by atoms with Gasteiger partial charge in [0, 0.05) is 22.0 Å². The molecule has 2 heterocycles. The molecule has 3 aromatic rings. The molecule has 2 N–H and O–H groups in total. The first-order chi connectivity index (χ1) is 15.5. The number of rotatable bonds is 3. The van der Waals surface area contributed by atoms with Crippen LogP contribution < -0.4 is 15.4 Å². The predicted octanol–water partition coefficient (Wildman–Crippen LogP) is 4.77. The smallest absolute Gasteiger partial charge is 0.276 e. The summed E-state index contributed by atoms with van der Waals surface area (Å²) < 4.78 is 7.46. The molecule has 0 bridgehead atoms. The highest BCUT2D eigenvalue weighted by Gasteiger charge is 2.26. The van der Waals surface area contributed by atoms with E-state index in [4.69, 9.17) is 21.4 Å². The SMILES string of the molecule is CC1Oc2ccc(NC(=O)c3nn(-c4ccc(Cl)cc4)c4c3CCCCC4)cc2NC1=O. The number of hydrogen-bond donors (Lipinski definition) is 2. The molecule has 164 valence electrons. The Morgan fingerprint density at radius 3 is 2.75 bits per heavy atom. The fourth-order valence-corrected chi connectivity index (χ4v) is 4.36. The van der Waals surface area contributed by atoms with Crippen LogP contribution in [0.25, 0.3) is 5.69 Å². The van der Waals surface area contributed by atoms with Gasteiger partial charge in [0.2, 0.25) is 0 Å². The maximum absolute atomic E-state index is 13.3. The number of nitrogens with one attached hydrogen (secondary N) is 2. The second-order valence-corrected chi connectivity index (χ2v) is 8.57. The van der Waals surface area contributed by atoms with Crippen molar-refractivity contribution in [1.29, 1.82) is 0 Å². The number of carbonyl (C=O) groups excluding carboxylic acids is 2. The summed E-state index contributed by atoms with van der Waals surface area (Å²) in [7, 11) is 0. The summed E-state index contributed by atoms with van der Waals surface area (Å²) in [5.41, 5.74) is 4.50. The van der Waals surface area contributed by atoms with Crippen LogP contribution in [0.1, 0.15) is 47.9 Å². The van der Waals surface area contributed by atoms with E-state index in [9.17, 15) is 9.59 Å². The molecule has 8 heteroatoms. The van der Waals surface area contributed by atoms with E-state index < -0.39 is 6.10 Å². The van der Waals surface area contributed by atoms with Crippen LogP contribution in [0, 0.1) is 0 Å². The zero-order valence-electron chi connectivity index (χ0n) is 17.7. The molecule has 32 heavy (non-hydrogen) atoms. The molecule has 0 saturated carbocycles. The Bertz CT molecular complexity index is 1200. The minimum Gasteiger partial charge on any atom is -0.479 e. The zero-order chi connectivity index (χ0) is 22.2. The van der Waals surface area contributed by atoms with E-state index in [1.807, 2.05) is 28.9 Å². The van der Waals surface area contributed by atoms with Crippen molar-refractivity contribution in [1.82, 2.24) is 9.78 Å². The second kappa shape index (κ2) is 8.31. The average Bonchev–Trinajstić information content (AvgIpc) is 2.96. The molecule has 1 aliphatic carbocycles. The number of ether oxygens (including phenoxy) is 1. The number of aromatic nitrogens is 2. The van der Waals surface area contributed by atoms with Crippen molar-refractivity contribution < 1.29 is 14.3 Å². The van der Waals surface area contributed by atoms with Gasteiger partial charge in [-0.1, -0.05) is 18.0 Å². The Balaban J connectivity index is 1.47. The third-order valence-electron chi connectivity index (χ3n) is 5.88. The molecule has 1 aliphatic heterocycles. The highest BCUT2D eigenvalue weighted by Crippen LogP contribution is 2.33. The van der Waals surface area contributed by atoms with Crippen LogP contribution in [0.5, 0.6) is 5.75 Å². The van der Waals surface area contributed by atoms with Crippen LogP contribution in [0.15, 0.2) is 42.5 Å². The van der Waals surface area contributed by atoms with Gasteiger partial charge in [-0.2, -0.15) is 5.10 Å². The lowest BCUT2D eigenvalue weighted by Gasteiger charge is -2.23. The molecule has 2 amide bonds. The Kier molecular flexibility index (Phi) is 5.35. The standard InChI is InChI=1S/C24H23ClN4O3/c1-14-23(30)27-19-13-16(9-12-21(19)32-14)26-24(31)22-18-5-3-2-4-6-20(18)29(28-22)17-10-7-15(25)8-11-17/h7-14H,2-6H2,1H3,(H,26,31)(H,27,30). The van der Waals surface area contributed by atoms with E-state index in [0.29, 0.717) is 27.8 Å². The van der Waals surface area contributed by atoms with Gasteiger partial charge in [-0.3, -0.25) is 9.59 Å². The first kappa shape index (κ1) is 20.6. The van der Waals surface area contributed by atoms with E-state index in [-0.39, 0.29) is 11.8 Å². The van der Waals surface area contributed by atoms with Crippen LogP contribution in [-0.2, 0) is 17.6 Å². The summed E-state index contributed by atoms with van der Waals surface area (Å²) in [6.07, 6.45) is 4.36. The molecular weight excluding hydrogens is 428 g/mol. The maximum atomic E-state index is 13.3. The summed E-state index contributed by atoms with van der Waals surface area (Å²) in [6, 6.07) is 12.7. The number of halogens is 1. The van der Waals surface area contributed by atoms with Gasteiger partial charge in [0.15, 0.2) is 11.8 Å². The Morgan fingerprint density at radius 1 is 1.16 bits per heavy atom. The summed E-state index contributed by atoms with van der Waals surface area (Å²) in [6.45, 7) is 1.69. The molecule has 2 aliphatic rings. The lowest BCUT2D eigenvalue weighted by Crippen LogP contribution is -2.34. The second-order valence-electron chi connectivity index (χ2n) is 8.14. The Labute approximate surface area is 190 Å². The van der Waals surface area contributed by atoms with Gasteiger partial charge >= 0.3 is 0 Å². The van der Waals surface area contributed by atoms with Crippen molar-refractivity contribution in [2.45, 2.75) is 45.1 Å². The van der Waals surface area contributed by atoms with Gasteiger partial charge in [0.25, 0.3) is 11.8 Å². The molecule has 5 rings (SSSR count). The van der Waals surface area contributed by atoms with Gasteiger partial charge in [-0.15, -0.1) is 0 Å². The number of nitrogens with zero attached hydrogens (tertiary/aromatic N) is 2.